The highest BCUT2D eigenvalue weighted by molar-refractivity contribution is 14.1. The Morgan fingerprint density at radius 1 is 1.04 bits per heavy atom. The third-order valence-corrected chi connectivity index (χ3v) is 4.58. The van der Waals surface area contributed by atoms with Gasteiger partial charge in [-0.25, -0.2) is 4.98 Å². The van der Waals surface area contributed by atoms with Crippen LogP contribution < -0.4 is 15.4 Å². The van der Waals surface area contributed by atoms with Gasteiger partial charge in [0.25, 0.3) is 0 Å². The summed E-state index contributed by atoms with van der Waals surface area (Å²) in [6, 6.07) is 14.0. The van der Waals surface area contributed by atoms with Gasteiger partial charge in [0.15, 0.2) is 0 Å². The third-order valence-electron chi connectivity index (χ3n) is 3.64. The molecule has 2 N–H and O–H groups in total. The van der Waals surface area contributed by atoms with Gasteiger partial charge in [-0.2, -0.15) is 18.2 Å². The van der Waals surface area contributed by atoms with Crippen molar-refractivity contribution in [3.63, 3.8) is 0 Å². The predicted molar refractivity (Wildman–Crippen MR) is 110 cm³/mol. The molecule has 3 rings (SSSR count). The van der Waals surface area contributed by atoms with Crippen molar-refractivity contribution in [2.24, 2.45) is 0 Å². The van der Waals surface area contributed by atoms with Gasteiger partial charge < -0.3 is 15.4 Å². The highest BCUT2D eigenvalue weighted by Crippen LogP contribution is 2.36. The van der Waals surface area contributed by atoms with Crippen LogP contribution in [-0.2, 0) is 6.18 Å². The van der Waals surface area contributed by atoms with Gasteiger partial charge in [-0.3, -0.25) is 0 Å². The molecule has 0 bridgehead atoms. The van der Waals surface area contributed by atoms with Crippen LogP contribution in [0.1, 0.15) is 12.5 Å². The van der Waals surface area contributed by atoms with Gasteiger partial charge in [0.1, 0.15) is 17.1 Å². The van der Waals surface area contributed by atoms with Crippen molar-refractivity contribution >= 4 is 45.7 Å². The highest BCUT2D eigenvalue weighted by atomic mass is 127. The van der Waals surface area contributed by atoms with Crippen molar-refractivity contribution in [2.75, 3.05) is 17.2 Å². The van der Waals surface area contributed by atoms with Gasteiger partial charge in [0.2, 0.25) is 5.95 Å². The van der Waals surface area contributed by atoms with Crippen LogP contribution in [0, 0.1) is 3.57 Å². The second kappa shape index (κ2) is 8.63. The summed E-state index contributed by atoms with van der Waals surface area (Å²) < 4.78 is 46.3. The topological polar surface area (TPSA) is 59.1 Å². The average molecular weight is 500 g/mol. The second-order valence-corrected chi connectivity index (χ2v) is 6.80. The summed E-state index contributed by atoms with van der Waals surface area (Å²) in [4.78, 5) is 7.85. The Kier molecular flexibility index (Phi) is 6.22. The van der Waals surface area contributed by atoms with Gasteiger partial charge in [-0.05, 0) is 65.9 Å². The van der Waals surface area contributed by atoms with Crippen molar-refractivity contribution in [1.82, 2.24) is 9.97 Å². The van der Waals surface area contributed by atoms with Crippen molar-refractivity contribution in [2.45, 2.75) is 13.1 Å². The molecule has 5 nitrogen and oxygen atoms in total. The van der Waals surface area contributed by atoms with E-state index in [1.54, 1.807) is 48.5 Å². The van der Waals surface area contributed by atoms with Crippen LogP contribution in [0.4, 0.5) is 36.3 Å². The Balaban J connectivity index is 1.90. The van der Waals surface area contributed by atoms with Crippen LogP contribution in [-0.4, -0.2) is 16.6 Å². The van der Waals surface area contributed by atoms with Gasteiger partial charge >= 0.3 is 6.18 Å². The molecule has 1 heterocycles. The first-order valence-corrected chi connectivity index (χ1v) is 9.40. The predicted octanol–water partition coefficient (Wildman–Crippen LogP) is 5.99. The average Bonchev–Trinajstić information content (AvgIpc) is 2.65. The molecule has 2 aromatic carbocycles. The Bertz CT molecular complexity index is 949. The number of hydrogen-bond acceptors (Lipinski definition) is 5. The molecule has 0 fully saturated rings. The number of ether oxygens (including phenoxy) is 1. The molecule has 0 unspecified atom stereocenters. The fraction of sp³-hybridized carbons (Fsp3) is 0.158. The number of anilines is 4. The molecule has 1 aromatic heterocycles. The number of aromatic nitrogens is 2. The zero-order valence-electron chi connectivity index (χ0n) is 14.7. The summed E-state index contributed by atoms with van der Waals surface area (Å²) in [6.07, 6.45) is -3.82. The normalized spacial score (nSPS) is 11.2. The largest absolute Gasteiger partial charge is 0.494 e. The van der Waals surface area contributed by atoms with Crippen LogP contribution in [0.2, 0.25) is 0 Å². The maximum absolute atomic E-state index is 13.4. The lowest BCUT2D eigenvalue weighted by atomic mass is 10.2. The number of para-hydroxylation sites is 1. The maximum atomic E-state index is 13.4. The molecule has 0 amide bonds. The number of benzene rings is 2. The fourth-order valence-corrected chi connectivity index (χ4v) is 2.89. The summed E-state index contributed by atoms with van der Waals surface area (Å²) in [5.74, 6) is 0.424. The molecule has 0 aliphatic rings. The fourth-order valence-electron chi connectivity index (χ4n) is 2.37. The lowest BCUT2D eigenvalue weighted by Crippen LogP contribution is -2.13. The third kappa shape index (κ3) is 5.03. The molecule has 0 spiro atoms. The van der Waals surface area contributed by atoms with Gasteiger partial charge in [-0.15, -0.1) is 0 Å². The molecular weight excluding hydrogens is 484 g/mol. The number of rotatable bonds is 6. The van der Waals surface area contributed by atoms with Crippen molar-refractivity contribution < 1.29 is 17.9 Å². The first kappa shape index (κ1) is 20.2. The van der Waals surface area contributed by atoms with E-state index in [0.29, 0.717) is 23.7 Å². The zero-order chi connectivity index (χ0) is 20.1. The van der Waals surface area contributed by atoms with E-state index in [9.17, 15) is 13.2 Å². The maximum Gasteiger partial charge on any atom is 0.421 e. The van der Waals surface area contributed by atoms with Gasteiger partial charge in [-0.1, -0.05) is 12.1 Å². The Morgan fingerprint density at radius 2 is 1.75 bits per heavy atom. The Hall–Kier alpha value is -2.56. The van der Waals surface area contributed by atoms with Crippen LogP contribution in [0.15, 0.2) is 54.7 Å². The number of nitrogens with zero attached hydrogens (tertiary/aromatic N) is 2. The van der Waals surface area contributed by atoms with Crippen molar-refractivity contribution in [3.8, 4) is 5.75 Å². The quantitative estimate of drug-likeness (QED) is 0.408. The molecule has 0 saturated heterocycles. The Labute approximate surface area is 173 Å². The molecule has 3 aromatic rings. The van der Waals surface area contributed by atoms with Crippen molar-refractivity contribution in [1.29, 1.82) is 0 Å². The van der Waals surface area contributed by atoms with Crippen LogP contribution in [0.25, 0.3) is 0 Å². The zero-order valence-corrected chi connectivity index (χ0v) is 16.9. The summed E-state index contributed by atoms with van der Waals surface area (Å²) in [7, 11) is 0. The van der Waals surface area contributed by atoms with Crippen molar-refractivity contribution in [3.05, 3.63) is 63.9 Å². The van der Waals surface area contributed by atoms with E-state index in [2.05, 4.69) is 20.6 Å². The molecule has 0 aliphatic heterocycles. The molecule has 0 aliphatic carbocycles. The molecule has 146 valence electrons. The standard InChI is InChI=1S/C19H16F3IN4O/c1-2-28-13-9-7-12(8-10-13)25-18-24-11-14(19(20,21)22)17(27-18)26-16-6-4-3-5-15(16)23/h3-11H,2H2,1H3,(H2,24,25,26,27). The lowest BCUT2D eigenvalue weighted by molar-refractivity contribution is -0.137. The van der Waals surface area contributed by atoms with Gasteiger partial charge in [0.05, 0.1) is 12.3 Å². The number of nitrogens with one attached hydrogen (secondary N) is 2. The SMILES string of the molecule is CCOc1ccc(Nc2ncc(C(F)(F)F)c(Nc3ccccc3I)n2)cc1. The number of hydrogen-bond donors (Lipinski definition) is 2. The monoisotopic (exact) mass is 500 g/mol. The highest BCUT2D eigenvalue weighted by Gasteiger charge is 2.35. The molecule has 0 radical (unpaired) electrons. The summed E-state index contributed by atoms with van der Waals surface area (Å²) in [5, 5.41) is 5.67. The van der Waals surface area contributed by atoms with E-state index in [4.69, 9.17) is 4.74 Å². The van der Waals surface area contributed by atoms with E-state index < -0.39 is 11.7 Å². The van der Waals surface area contributed by atoms with E-state index in [-0.39, 0.29) is 11.8 Å². The number of halogens is 4. The summed E-state index contributed by atoms with van der Waals surface area (Å²) in [5.41, 5.74) is 0.215. The Morgan fingerprint density at radius 3 is 2.39 bits per heavy atom. The first-order chi connectivity index (χ1) is 13.4. The van der Waals surface area contributed by atoms with E-state index in [0.717, 1.165) is 9.77 Å². The number of alkyl halides is 3. The van der Waals surface area contributed by atoms with E-state index >= 15 is 0 Å². The molecule has 0 saturated carbocycles. The summed E-state index contributed by atoms with van der Waals surface area (Å²) in [6.45, 7) is 2.42. The van der Waals surface area contributed by atoms with Gasteiger partial charge in [0, 0.05) is 15.5 Å². The summed E-state index contributed by atoms with van der Waals surface area (Å²) >= 11 is 2.04. The molecule has 0 atom stereocenters. The van der Waals surface area contributed by atoms with E-state index in [1.165, 1.54) is 0 Å². The first-order valence-electron chi connectivity index (χ1n) is 8.32. The molecule has 9 heteroatoms. The van der Waals surface area contributed by atoms with Crippen LogP contribution in [0.3, 0.4) is 0 Å². The minimum atomic E-state index is -4.58. The van der Waals surface area contributed by atoms with Crippen LogP contribution >= 0.6 is 22.6 Å². The smallest absolute Gasteiger partial charge is 0.421 e. The minimum absolute atomic E-state index is 0.0469. The van der Waals surface area contributed by atoms with E-state index in [1.807, 2.05) is 29.5 Å². The second-order valence-electron chi connectivity index (χ2n) is 5.64. The lowest BCUT2D eigenvalue weighted by Gasteiger charge is -2.15. The minimum Gasteiger partial charge on any atom is -0.494 e. The molecule has 28 heavy (non-hydrogen) atoms. The molecular formula is C19H16F3IN4O. The van der Waals surface area contributed by atoms with Crippen LogP contribution in [0.5, 0.6) is 5.75 Å².